The van der Waals surface area contributed by atoms with Gasteiger partial charge in [-0.15, -0.1) is 0 Å². The van der Waals surface area contributed by atoms with Crippen LogP contribution in [0.15, 0.2) is 42.5 Å². The van der Waals surface area contributed by atoms with Crippen molar-refractivity contribution < 1.29 is 23.8 Å². The maximum Gasteiger partial charge on any atom is 0.258 e. The van der Waals surface area contributed by atoms with Gasteiger partial charge in [-0.1, -0.05) is 11.6 Å². The molecule has 7 nitrogen and oxygen atoms in total. The summed E-state index contributed by atoms with van der Waals surface area (Å²) in [5.41, 5.74) is 0.448. The minimum absolute atomic E-state index is 0.205. The number of anilines is 1. The van der Waals surface area contributed by atoms with E-state index >= 15 is 0 Å². The molecule has 0 spiro atoms. The first kappa shape index (κ1) is 19.4. The van der Waals surface area contributed by atoms with Crippen molar-refractivity contribution in [2.45, 2.75) is 0 Å². The van der Waals surface area contributed by atoms with Crippen molar-refractivity contribution in [3.05, 3.63) is 47.5 Å². The van der Waals surface area contributed by atoms with Gasteiger partial charge in [0.1, 0.15) is 17.2 Å². The van der Waals surface area contributed by atoms with Crippen molar-refractivity contribution in [3.63, 3.8) is 0 Å². The second kappa shape index (κ2) is 9.53. The normalized spacial score (nSPS) is 9.96. The monoisotopic (exact) mass is 378 g/mol. The molecule has 0 saturated carbocycles. The summed E-state index contributed by atoms with van der Waals surface area (Å²) in [6.45, 7) is -0.416. The van der Waals surface area contributed by atoms with Gasteiger partial charge in [-0.3, -0.25) is 9.59 Å². The van der Waals surface area contributed by atoms with Crippen LogP contribution >= 0.6 is 11.6 Å². The maximum atomic E-state index is 12.0. The zero-order valence-electron chi connectivity index (χ0n) is 14.4. The Morgan fingerprint density at radius 2 is 1.65 bits per heavy atom. The molecule has 0 unspecified atom stereocenters. The lowest BCUT2D eigenvalue weighted by molar-refractivity contribution is -0.125. The Morgan fingerprint density at radius 1 is 0.962 bits per heavy atom. The zero-order chi connectivity index (χ0) is 18.9. The predicted molar refractivity (Wildman–Crippen MR) is 98.1 cm³/mol. The number of rotatable bonds is 8. The molecule has 0 aliphatic rings. The number of hydrogen-bond donors (Lipinski definition) is 2. The van der Waals surface area contributed by atoms with Gasteiger partial charge in [-0.2, -0.15) is 0 Å². The van der Waals surface area contributed by atoms with Crippen molar-refractivity contribution in [3.8, 4) is 17.2 Å². The van der Waals surface area contributed by atoms with Crippen LogP contribution in [-0.4, -0.2) is 39.2 Å². The average molecular weight is 379 g/mol. The van der Waals surface area contributed by atoms with E-state index in [1.165, 1.54) is 14.2 Å². The van der Waals surface area contributed by atoms with E-state index in [0.29, 0.717) is 28.0 Å². The molecule has 8 heteroatoms. The largest absolute Gasteiger partial charge is 0.497 e. The lowest BCUT2D eigenvalue weighted by Gasteiger charge is -2.12. The Labute approximate surface area is 156 Å². The molecule has 0 radical (unpaired) electrons. The van der Waals surface area contributed by atoms with Gasteiger partial charge in [0, 0.05) is 11.1 Å². The van der Waals surface area contributed by atoms with Gasteiger partial charge in [0.25, 0.3) is 5.91 Å². The maximum absolute atomic E-state index is 12.0. The fourth-order valence-electron chi connectivity index (χ4n) is 2.02. The molecule has 0 heterocycles. The van der Waals surface area contributed by atoms with Crippen molar-refractivity contribution in [1.29, 1.82) is 0 Å². The lowest BCUT2D eigenvalue weighted by atomic mass is 10.2. The zero-order valence-corrected chi connectivity index (χ0v) is 15.1. The summed E-state index contributed by atoms with van der Waals surface area (Å²) >= 11 is 5.77. The summed E-state index contributed by atoms with van der Waals surface area (Å²) < 4.78 is 15.6. The van der Waals surface area contributed by atoms with Crippen LogP contribution in [0, 0.1) is 0 Å². The second-order valence-electron chi connectivity index (χ2n) is 5.13. The summed E-state index contributed by atoms with van der Waals surface area (Å²) in [4.78, 5) is 23.8. The van der Waals surface area contributed by atoms with Crippen molar-refractivity contribution in [2.24, 2.45) is 0 Å². The first-order valence-corrected chi connectivity index (χ1v) is 8.06. The molecular formula is C18H19ClN2O5. The van der Waals surface area contributed by atoms with Gasteiger partial charge in [0.05, 0.1) is 26.5 Å². The first-order chi connectivity index (χ1) is 12.5. The third kappa shape index (κ3) is 5.86. The number of amides is 2. The van der Waals surface area contributed by atoms with E-state index in [-0.39, 0.29) is 13.2 Å². The van der Waals surface area contributed by atoms with Gasteiger partial charge in [-0.25, -0.2) is 0 Å². The standard InChI is InChI=1S/C18H19ClN2O5/c1-24-14-7-8-16(25-2)15(9-14)21-17(22)10-20-18(23)11-26-13-5-3-12(19)4-6-13/h3-9H,10-11H2,1-2H3,(H,20,23)(H,21,22). The SMILES string of the molecule is COc1ccc(OC)c(NC(=O)CNC(=O)COc2ccc(Cl)cc2)c1. The fourth-order valence-corrected chi connectivity index (χ4v) is 2.14. The topological polar surface area (TPSA) is 85.9 Å². The van der Waals surface area contributed by atoms with E-state index in [9.17, 15) is 9.59 Å². The molecule has 2 aromatic carbocycles. The Bertz CT molecular complexity index is 765. The third-order valence-corrected chi connectivity index (χ3v) is 3.56. The number of carbonyl (C=O) groups is 2. The van der Waals surface area contributed by atoms with Gasteiger partial charge >= 0.3 is 0 Å². The number of nitrogens with one attached hydrogen (secondary N) is 2. The molecule has 2 aromatic rings. The molecule has 0 aliphatic heterocycles. The highest BCUT2D eigenvalue weighted by molar-refractivity contribution is 6.30. The molecular weight excluding hydrogens is 360 g/mol. The number of carbonyl (C=O) groups excluding carboxylic acids is 2. The van der Waals surface area contributed by atoms with Crippen LogP contribution < -0.4 is 24.8 Å². The molecule has 2 N–H and O–H groups in total. The minimum Gasteiger partial charge on any atom is -0.497 e. The van der Waals surface area contributed by atoms with E-state index in [4.69, 9.17) is 25.8 Å². The summed E-state index contributed by atoms with van der Waals surface area (Å²) in [5.74, 6) is 0.734. The number of halogens is 1. The van der Waals surface area contributed by atoms with E-state index in [2.05, 4.69) is 10.6 Å². The van der Waals surface area contributed by atoms with E-state index in [1.807, 2.05) is 0 Å². The quantitative estimate of drug-likeness (QED) is 0.737. The highest BCUT2D eigenvalue weighted by atomic mass is 35.5. The lowest BCUT2D eigenvalue weighted by Crippen LogP contribution is -2.35. The molecule has 26 heavy (non-hydrogen) atoms. The molecule has 0 aromatic heterocycles. The molecule has 138 valence electrons. The number of hydrogen-bond acceptors (Lipinski definition) is 5. The summed E-state index contributed by atoms with van der Waals surface area (Å²) in [6, 6.07) is 11.6. The molecule has 0 saturated heterocycles. The van der Waals surface area contributed by atoms with Crippen molar-refractivity contribution >= 4 is 29.1 Å². The highest BCUT2D eigenvalue weighted by Crippen LogP contribution is 2.28. The van der Waals surface area contributed by atoms with Gasteiger partial charge in [-0.05, 0) is 36.4 Å². The Hall–Kier alpha value is -2.93. The van der Waals surface area contributed by atoms with Gasteiger partial charge in [0.2, 0.25) is 5.91 Å². The Morgan fingerprint density at radius 3 is 2.31 bits per heavy atom. The van der Waals surface area contributed by atoms with Crippen LogP contribution in [0.4, 0.5) is 5.69 Å². The van der Waals surface area contributed by atoms with Gasteiger partial charge in [0.15, 0.2) is 6.61 Å². The number of benzene rings is 2. The number of ether oxygens (including phenoxy) is 3. The Balaban J connectivity index is 1.81. The first-order valence-electron chi connectivity index (χ1n) is 7.68. The van der Waals surface area contributed by atoms with E-state index in [0.717, 1.165) is 0 Å². The second-order valence-corrected chi connectivity index (χ2v) is 5.57. The van der Waals surface area contributed by atoms with E-state index < -0.39 is 11.8 Å². The van der Waals surface area contributed by atoms with Crippen molar-refractivity contribution in [1.82, 2.24) is 5.32 Å². The summed E-state index contributed by atoms with van der Waals surface area (Å²) in [5, 5.41) is 5.71. The van der Waals surface area contributed by atoms with Crippen LogP contribution in [-0.2, 0) is 9.59 Å². The number of methoxy groups -OCH3 is 2. The molecule has 0 fully saturated rings. The van der Waals surface area contributed by atoms with Crippen molar-refractivity contribution in [2.75, 3.05) is 32.7 Å². The van der Waals surface area contributed by atoms with E-state index in [1.54, 1.807) is 42.5 Å². The highest BCUT2D eigenvalue weighted by Gasteiger charge is 2.11. The van der Waals surface area contributed by atoms with Crippen LogP contribution in [0.1, 0.15) is 0 Å². The molecule has 2 amide bonds. The van der Waals surface area contributed by atoms with Crippen LogP contribution in [0.5, 0.6) is 17.2 Å². The molecule has 0 aliphatic carbocycles. The smallest absolute Gasteiger partial charge is 0.258 e. The van der Waals surface area contributed by atoms with Crippen LogP contribution in [0.3, 0.4) is 0 Å². The van der Waals surface area contributed by atoms with Gasteiger partial charge < -0.3 is 24.8 Å². The fraction of sp³-hybridized carbons (Fsp3) is 0.222. The summed E-state index contributed by atoms with van der Waals surface area (Å²) in [7, 11) is 3.02. The van der Waals surface area contributed by atoms with Crippen LogP contribution in [0.25, 0.3) is 0 Å². The third-order valence-electron chi connectivity index (χ3n) is 3.31. The average Bonchev–Trinajstić information content (AvgIpc) is 2.65. The minimum atomic E-state index is -0.423. The molecule has 0 bridgehead atoms. The Kier molecular flexibility index (Phi) is 7.11. The predicted octanol–water partition coefficient (Wildman–Crippen LogP) is 2.49. The molecule has 2 rings (SSSR count). The molecule has 0 atom stereocenters. The van der Waals surface area contributed by atoms with Crippen LogP contribution in [0.2, 0.25) is 5.02 Å². The summed E-state index contributed by atoms with van der Waals surface area (Å²) in [6.07, 6.45) is 0.